The minimum Gasteiger partial charge on any atom is -0.427 e. The zero-order chi connectivity index (χ0) is 22.1. The summed E-state index contributed by atoms with van der Waals surface area (Å²) in [5.41, 5.74) is 2.14. The van der Waals surface area contributed by atoms with Crippen LogP contribution < -0.4 is 15.4 Å². The standard InChI is InChI=1S/C25H22N2O4/c1-18(28)31-22-14-12-19(13-15-22)16-23(27-24(29)21-10-6-3-7-11-21)25(30)26-17-20-8-4-2-5-9-20/h2-16H,17H2,1H3,(H,26,30)(H,27,29)/b23-16+. The molecule has 0 aliphatic carbocycles. The molecule has 0 saturated heterocycles. The first kappa shape index (κ1) is 21.5. The van der Waals surface area contributed by atoms with Crippen LogP contribution in [0.5, 0.6) is 5.75 Å². The van der Waals surface area contributed by atoms with Crippen molar-refractivity contribution in [3.63, 3.8) is 0 Å². The molecule has 6 nitrogen and oxygen atoms in total. The van der Waals surface area contributed by atoms with Gasteiger partial charge < -0.3 is 15.4 Å². The number of ether oxygens (including phenoxy) is 1. The predicted octanol–water partition coefficient (Wildman–Crippen LogP) is 3.70. The van der Waals surface area contributed by atoms with Gasteiger partial charge >= 0.3 is 5.97 Å². The Morgan fingerprint density at radius 3 is 2.06 bits per heavy atom. The molecule has 3 aromatic rings. The number of hydrogen-bond donors (Lipinski definition) is 2. The maximum absolute atomic E-state index is 12.8. The van der Waals surface area contributed by atoms with Crippen molar-refractivity contribution in [1.29, 1.82) is 0 Å². The number of nitrogens with one attached hydrogen (secondary N) is 2. The molecule has 0 radical (unpaired) electrons. The number of esters is 1. The van der Waals surface area contributed by atoms with Gasteiger partial charge in [0.2, 0.25) is 0 Å². The van der Waals surface area contributed by atoms with Crippen molar-refractivity contribution in [2.75, 3.05) is 0 Å². The average Bonchev–Trinajstić information content (AvgIpc) is 2.79. The summed E-state index contributed by atoms with van der Waals surface area (Å²) in [6.07, 6.45) is 1.57. The Bertz CT molecular complexity index is 1080. The summed E-state index contributed by atoms with van der Waals surface area (Å²) < 4.78 is 5.02. The highest BCUT2D eigenvalue weighted by atomic mass is 16.5. The largest absolute Gasteiger partial charge is 0.427 e. The van der Waals surface area contributed by atoms with Gasteiger partial charge in [-0.05, 0) is 41.5 Å². The molecular weight excluding hydrogens is 392 g/mol. The number of benzene rings is 3. The molecule has 0 aliphatic rings. The highest BCUT2D eigenvalue weighted by Crippen LogP contribution is 2.15. The van der Waals surface area contributed by atoms with Crippen LogP contribution in [0.25, 0.3) is 6.08 Å². The van der Waals surface area contributed by atoms with Gasteiger partial charge in [-0.25, -0.2) is 0 Å². The molecule has 2 N–H and O–H groups in total. The Kier molecular flexibility index (Phi) is 7.32. The first-order chi connectivity index (χ1) is 15.0. The highest BCUT2D eigenvalue weighted by molar-refractivity contribution is 6.05. The van der Waals surface area contributed by atoms with E-state index in [1.807, 2.05) is 36.4 Å². The lowest BCUT2D eigenvalue weighted by molar-refractivity contribution is -0.131. The number of carbonyl (C=O) groups is 3. The highest BCUT2D eigenvalue weighted by Gasteiger charge is 2.14. The summed E-state index contributed by atoms with van der Waals surface area (Å²) in [5, 5.41) is 5.51. The van der Waals surface area contributed by atoms with Crippen LogP contribution in [0.4, 0.5) is 0 Å². The molecule has 0 unspecified atom stereocenters. The minimum absolute atomic E-state index is 0.102. The normalized spacial score (nSPS) is 10.8. The summed E-state index contributed by atoms with van der Waals surface area (Å²) in [6.45, 7) is 1.64. The van der Waals surface area contributed by atoms with Gasteiger partial charge in [0, 0.05) is 19.0 Å². The lowest BCUT2D eigenvalue weighted by Crippen LogP contribution is -2.34. The second-order valence-electron chi connectivity index (χ2n) is 6.71. The topological polar surface area (TPSA) is 84.5 Å². The molecule has 0 saturated carbocycles. The Hall–Kier alpha value is -4.19. The SMILES string of the molecule is CC(=O)Oc1ccc(/C=C(/NC(=O)c2ccccc2)C(=O)NCc2ccccc2)cc1. The van der Waals surface area contributed by atoms with Crippen molar-refractivity contribution in [2.45, 2.75) is 13.5 Å². The van der Waals surface area contributed by atoms with Gasteiger partial charge in [0.05, 0.1) is 0 Å². The second kappa shape index (κ2) is 10.5. The summed E-state index contributed by atoms with van der Waals surface area (Å²) in [5.74, 6) is -0.831. The van der Waals surface area contributed by atoms with Gasteiger partial charge in [-0.1, -0.05) is 60.7 Å². The van der Waals surface area contributed by atoms with Crippen LogP contribution in [0, 0.1) is 0 Å². The fraction of sp³-hybridized carbons (Fsp3) is 0.0800. The lowest BCUT2D eigenvalue weighted by Gasteiger charge is -2.12. The van der Waals surface area contributed by atoms with E-state index in [0.29, 0.717) is 23.4 Å². The van der Waals surface area contributed by atoms with Crippen molar-refractivity contribution in [2.24, 2.45) is 0 Å². The van der Waals surface area contributed by atoms with E-state index in [1.165, 1.54) is 6.92 Å². The van der Waals surface area contributed by atoms with Gasteiger partial charge in [0.1, 0.15) is 11.4 Å². The van der Waals surface area contributed by atoms with E-state index in [-0.39, 0.29) is 5.70 Å². The van der Waals surface area contributed by atoms with E-state index in [0.717, 1.165) is 5.56 Å². The smallest absolute Gasteiger partial charge is 0.308 e. The molecule has 156 valence electrons. The first-order valence-electron chi connectivity index (χ1n) is 9.70. The van der Waals surface area contributed by atoms with Gasteiger partial charge in [-0.15, -0.1) is 0 Å². The molecular formula is C25H22N2O4. The van der Waals surface area contributed by atoms with Crippen LogP contribution >= 0.6 is 0 Å². The molecule has 0 fully saturated rings. The molecule has 0 aliphatic heterocycles. The van der Waals surface area contributed by atoms with Gasteiger partial charge in [-0.3, -0.25) is 14.4 Å². The summed E-state index contributed by atoms with van der Waals surface area (Å²) >= 11 is 0. The van der Waals surface area contributed by atoms with Crippen LogP contribution in [-0.4, -0.2) is 17.8 Å². The van der Waals surface area contributed by atoms with E-state index in [2.05, 4.69) is 10.6 Å². The monoisotopic (exact) mass is 414 g/mol. The molecule has 3 aromatic carbocycles. The van der Waals surface area contributed by atoms with Crippen LogP contribution in [-0.2, 0) is 16.1 Å². The number of rotatable bonds is 7. The third-order valence-corrected chi connectivity index (χ3v) is 4.28. The molecule has 0 spiro atoms. The summed E-state index contributed by atoms with van der Waals surface area (Å²) in [6, 6.07) is 24.8. The Morgan fingerprint density at radius 1 is 0.839 bits per heavy atom. The number of carbonyl (C=O) groups excluding carboxylic acids is 3. The minimum atomic E-state index is -0.419. The van der Waals surface area contributed by atoms with E-state index in [9.17, 15) is 14.4 Å². The molecule has 31 heavy (non-hydrogen) atoms. The number of amides is 2. The molecule has 0 atom stereocenters. The molecule has 2 amide bonds. The fourth-order valence-corrected chi connectivity index (χ4v) is 2.78. The van der Waals surface area contributed by atoms with Crippen LogP contribution in [0.3, 0.4) is 0 Å². The maximum atomic E-state index is 12.8. The van der Waals surface area contributed by atoms with Crippen molar-refractivity contribution in [3.05, 3.63) is 107 Å². The van der Waals surface area contributed by atoms with E-state index in [1.54, 1.807) is 54.6 Å². The maximum Gasteiger partial charge on any atom is 0.308 e. The van der Waals surface area contributed by atoms with Crippen molar-refractivity contribution >= 4 is 23.9 Å². The van der Waals surface area contributed by atoms with Gasteiger partial charge in [0.25, 0.3) is 11.8 Å². The quantitative estimate of drug-likeness (QED) is 0.351. The molecule has 0 aromatic heterocycles. The second-order valence-corrected chi connectivity index (χ2v) is 6.71. The Labute approximate surface area is 180 Å². The fourth-order valence-electron chi connectivity index (χ4n) is 2.78. The van der Waals surface area contributed by atoms with Crippen molar-refractivity contribution in [3.8, 4) is 5.75 Å². The van der Waals surface area contributed by atoms with Crippen LogP contribution in [0.2, 0.25) is 0 Å². The van der Waals surface area contributed by atoms with Crippen LogP contribution in [0.15, 0.2) is 90.6 Å². The first-order valence-corrected chi connectivity index (χ1v) is 9.70. The summed E-state index contributed by atoms with van der Waals surface area (Å²) in [7, 11) is 0. The third-order valence-electron chi connectivity index (χ3n) is 4.28. The summed E-state index contributed by atoms with van der Waals surface area (Å²) in [4.78, 5) is 36.5. The molecule has 0 heterocycles. The molecule has 0 bridgehead atoms. The van der Waals surface area contributed by atoms with Gasteiger partial charge in [0.15, 0.2) is 0 Å². The third kappa shape index (κ3) is 6.68. The zero-order valence-electron chi connectivity index (χ0n) is 17.0. The predicted molar refractivity (Wildman–Crippen MR) is 118 cm³/mol. The van der Waals surface area contributed by atoms with Gasteiger partial charge in [-0.2, -0.15) is 0 Å². The number of hydrogen-bond acceptors (Lipinski definition) is 4. The van der Waals surface area contributed by atoms with E-state index in [4.69, 9.17) is 4.74 Å². The average molecular weight is 414 g/mol. The molecule has 6 heteroatoms. The Balaban J connectivity index is 1.80. The molecule has 3 rings (SSSR count). The van der Waals surface area contributed by atoms with Crippen molar-refractivity contribution < 1.29 is 19.1 Å². The van der Waals surface area contributed by atoms with E-state index >= 15 is 0 Å². The van der Waals surface area contributed by atoms with Crippen LogP contribution in [0.1, 0.15) is 28.4 Å². The zero-order valence-corrected chi connectivity index (χ0v) is 17.0. The van der Waals surface area contributed by atoms with Crippen molar-refractivity contribution in [1.82, 2.24) is 10.6 Å². The Morgan fingerprint density at radius 2 is 1.45 bits per heavy atom. The lowest BCUT2D eigenvalue weighted by atomic mass is 10.1. The van der Waals surface area contributed by atoms with E-state index < -0.39 is 17.8 Å².